The van der Waals surface area contributed by atoms with Gasteiger partial charge in [0.15, 0.2) is 0 Å². The maximum absolute atomic E-state index is 12.7. The number of amides is 1. The Balaban J connectivity index is 1.84. The van der Waals surface area contributed by atoms with Gasteiger partial charge in [0.2, 0.25) is 5.91 Å². The van der Waals surface area contributed by atoms with Gasteiger partial charge in [-0.15, -0.1) is 11.8 Å². The number of nitriles is 1. The third-order valence-electron chi connectivity index (χ3n) is 3.71. The lowest BCUT2D eigenvalue weighted by Gasteiger charge is -2.21. The Hall–Kier alpha value is -2.25. The largest absolute Gasteiger partial charge is 0.315 e. The van der Waals surface area contributed by atoms with Gasteiger partial charge in [0, 0.05) is 23.4 Å². The van der Waals surface area contributed by atoms with E-state index in [1.54, 1.807) is 35.8 Å². The average Bonchev–Trinajstić information content (AvgIpc) is 2.97. The van der Waals surface area contributed by atoms with E-state index in [0.29, 0.717) is 5.56 Å². The summed E-state index contributed by atoms with van der Waals surface area (Å²) in [4.78, 5) is 15.6. The third kappa shape index (κ3) is 2.53. The number of thioether (sulfide) groups is 1. The lowest BCUT2D eigenvalue weighted by molar-refractivity contribution is -0.119. The van der Waals surface area contributed by atoms with E-state index in [0.717, 1.165) is 17.0 Å². The molecular formula is C17H14N2OS. The fraction of sp³-hybridized carbons (Fsp3) is 0.176. The van der Waals surface area contributed by atoms with Crippen molar-refractivity contribution in [1.82, 2.24) is 0 Å². The maximum atomic E-state index is 12.7. The highest BCUT2D eigenvalue weighted by molar-refractivity contribution is 7.99. The van der Waals surface area contributed by atoms with E-state index in [9.17, 15) is 4.79 Å². The smallest absolute Gasteiger partial charge is 0.235 e. The molecule has 0 fully saturated rings. The van der Waals surface area contributed by atoms with Gasteiger partial charge in [0.1, 0.15) is 0 Å². The van der Waals surface area contributed by atoms with E-state index >= 15 is 0 Å². The molecule has 3 nitrogen and oxygen atoms in total. The number of hydrogen-bond acceptors (Lipinski definition) is 3. The number of rotatable bonds is 2. The second-order valence-electron chi connectivity index (χ2n) is 4.96. The highest BCUT2D eigenvalue weighted by atomic mass is 32.2. The van der Waals surface area contributed by atoms with Crippen LogP contribution in [-0.4, -0.2) is 18.7 Å². The molecule has 0 aliphatic carbocycles. The van der Waals surface area contributed by atoms with Crippen LogP contribution in [0.5, 0.6) is 0 Å². The molecule has 1 amide bonds. The van der Waals surface area contributed by atoms with Crippen molar-refractivity contribution in [3.63, 3.8) is 0 Å². The molecule has 104 valence electrons. The summed E-state index contributed by atoms with van der Waals surface area (Å²) >= 11 is 1.73. The molecular weight excluding hydrogens is 280 g/mol. The first-order chi connectivity index (χ1) is 10.2. The van der Waals surface area contributed by atoms with Crippen LogP contribution in [0, 0.1) is 11.3 Å². The van der Waals surface area contributed by atoms with Gasteiger partial charge in [-0.25, -0.2) is 0 Å². The molecule has 1 aliphatic heterocycles. The molecule has 4 heteroatoms. The zero-order chi connectivity index (χ0) is 14.8. The SMILES string of the molecule is CN(C(=O)C1CSc2ccccc21)c1ccc(C#N)cc1. The summed E-state index contributed by atoms with van der Waals surface area (Å²) in [6.07, 6.45) is 0. The summed E-state index contributed by atoms with van der Waals surface area (Å²) in [6, 6.07) is 17.2. The molecule has 0 aromatic heterocycles. The minimum atomic E-state index is -0.0909. The second-order valence-corrected chi connectivity index (χ2v) is 6.02. The normalized spacial score (nSPS) is 16.1. The number of fused-ring (bicyclic) bond motifs is 1. The molecule has 2 aromatic rings. The first kappa shape index (κ1) is 13.7. The van der Waals surface area contributed by atoms with Crippen LogP contribution in [0.25, 0.3) is 0 Å². The number of nitrogens with zero attached hydrogens (tertiary/aromatic N) is 2. The summed E-state index contributed by atoms with van der Waals surface area (Å²) in [7, 11) is 1.79. The van der Waals surface area contributed by atoms with Gasteiger partial charge in [-0.05, 0) is 35.9 Å². The van der Waals surface area contributed by atoms with E-state index in [2.05, 4.69) is 12.1 Å². The minimum absolute atomic E-state index is 0.0909. The molecule has 2 aromatic carbocycles. The first-order valence-corrected chi connectivity index (χ1v) is 7.68. The van der Waals surface area contributed by atoms with Crippen LogP contribution in [0.3, 0.4) is 0 Å². The average molecular weight is 294 g/mol. The maximum Gasteiger partial charge on any atom is 0.235 e. The molecule has 0 saturated carbocycles. The summed E-state index contributed by atoms with van der Waals surface area (Å²) < 4.78 is 0. The van der Waals surface area contributed by atoms with Crippen LogP contribution in [-0.2, 0) is 4.79 Å². The molecule has 1 aliphatic rings. The van der Waals surface area contributed by atoms with Crippen molar-refractivity contribution >= 4 is 23.4 Å². The first-order valence-electron chi connectivity index (χ1n) is 6.70. The lowest BCUT2D eigenvalue weighted by atomic mass is 10.00. The molecule has 1 heterocycles. The van der Waals surface area contributed by atoms with E-state index < -0.39 is 0 Å². The molecule has 1 unspecified atom stereocenters. The topological polar surface area (TPSA) is 44.1 Å². The fourth-order valence-electron chi connectivity index (χ4n) is 2.49. The van der Waals surface area contributed by atoms with Gasteiger partial charge in [0.25, 0.3) is 0 Å². The fourth-order valence-corrected chi connectivity index (χ4v) is 3.71. The Morgan fingerprint density at radius 1 is 1.24 bits per heavy atom. The number of hydrogen-bond donors (Lipinski definition) is 0. The summed E-state index contributed by atoms with van der Waals surface area (Å²) in [6.45, 7) is 0. The Bertz CT molecular complexity index is 718. The van der Waals surface area contributed by atoms with Crippen molar-refractivity contribution in [3.8, 4) is 6.07 Å². The number of carbonyl (C=O) groups is 1. The van der Waals surface area contributed by atoms with Crippen LogP contribution in [0.15, 0.2) is 53.4 Å². The highest BCUT2D eigenvalue weighted by Crippen LogP contribution is 2.40. The molecule has 0 bridgehead atoms. The number of anilines is 1. The van der Waals surface area contributed by atoms with Gasteiger partial charge < -0.3 is 4.90 Å². The Morgan fingerprint density at radius 3 is 2.67 bits per heavy atom. The lowest BCUT2D eigenvalue weighted by Crippen LogP contribution is -2.31. The molecule has 0 saturated heterocycles. The molecule has 3 rings (SSSR count). The minimum Gasteiger partial charge on any atom is -0.315 e. The van der Waals surface area contributed by atoms with Gasteiger partial charge in [0.05, 0.1) is 17.6 Å². The van der Waals surface area contributed by atoms with Crippen LogP contribution >= 0.6 is 11.8 Å². The zero-order valence-corrected chi connectivity index (χ0v) is 12.4. The van der Waals surface area contributed by atoms with Crippen LogP contribution < -0.4 is 4.90 Å². The van der Waals surface area contributed by atoms with Gasteiger partial charge in [-0.3, -0.25) is 4.79 Å². The molecule has 0 radical (unpaired) electrons. The number of likely N-dealkylation sites (N-methyl/N-ethyl adjacent to an activating group) is 1. The highest BCUT2D eigenvalue weighted by Gasteiger charge is 2.31. The summed E-state index contributed by atoms with van der Waals surface area (Å²) in [5.74, 6) is 0.794. The molecule has 21 heavy (non-hydrogen) atoms. The number of benzene rings is 2. The molecule has 1 atom stereocenters. The van der Waals surface area contributed by atoms with Crippen molar-refractivity contribution in [3.05, 3.63) is 59.7 Å². The standard InChI is InChI=1S/C17H14N2OS/c1-19(13-8-6-12(10-18)7-9-13)17(20)15-11-21-16-5-3-2-4-14(15)16/h2-9,15H,11H2,1H3. The van der Waals surface area contributed by atoms with Crippen LogP contribution in [0.4, 0.5) is 5.69 Å². The molecule has 0 spiro atoms. The van der Waals surface area contributed by atoms with E-state index in [4.69, 9.17) is 5.26 Å². The Kier molecular flexibility index (Phi) is 3.68. The van der Waals surface area contributed by atoms with E-state index in [-0.39, 0.29) is 11.8 Å². The second kappa shape index (κ2) is 5.63. The van der Waals surface area contributed by atoms with Gasteiger partial charge in [-0.2, -0.15) is 5.26 Å². The van der Waals surface area contributed by atoms with Crippen molar-refractivity contribution in [2.45, 2.75) is 10.8 Å². The van der Waals surface area contributed by atoms with Crippen molar-refractivity contribution in [2.24, 2.45) is 0 Å². The van der Waals surface area contributed by atoms with Crippen molar-refractivity contribution < 1.29 is 4.79 Å². The summed E-state index contributed by atoms with van der Waals surface area (Å²) in [5.41, 5.74) is 2.53. The van der Waals surface area contributed by atoms with Crippen LogP contribution in [0.2, 0.25) is 0 Å². The van der Waals surface area contributed by atoms with Gasteiger partial charge in [-0.1, -0.05) is 18.2 Å². The van der Waals surface area contributed by atoms with Crippen molar-refractivity contribution in [1.29, 1.82) is 5.26 Å². The van der Waals surface area contributed by atoms with E-state index in [1.807, 2.05) is 30.3 Å². The predicted molar refractivity (Wildman–Crippen MR) is 84.5 cm³/mol. The Labute approximate surface area is 128 Å². The monoisotopic (exact) mass is 294 g/mol. The quantitative estimate of drug-likeness (QED) is 0.852. The van der Waals surface area contributed by atoms with Crippen molar-refractivity contribution in [2.75, 3.05) is 17.7 Å². The van der Waals surface area contributed by atoms with Gasteiger partial charge >= 0.3 is 0 Å². The Morgan fingerprint density at radius 2 is 1.95 bits per heavy atom. The van der Waals surface area contributed by atoms with E-state index in [1.165, 1.54) is 4.90 Å². The number of carbonyl (C=O) groups excluding carboxylic acids is 1. The zero-order valence-electron chi connectivity index (χ0n) is 11.6. The molecule has 0 N–H and O–H groups in total. The van der Waals surface area contributed by atoms with Crippen LogP contribution in [0.1, 0.15) is 17.0 Å². The summed E-state index contributed by atoms with van der Waals surface area (Å²) in [5, 5.41) is 8.82. The third-order valence-corrected chi connectivity index (χ3v) is 4.90. The predicted octanol–water partition coefficient (Wildman–Crippen LogP) is 3.41.